The maximum Gasteiger partial charge on any atom is 0.305 e. The minimum Gasteiger partial charge on any atom is -0.455 e. The van der Waals surface area contributed by atoms with E-state index in [0.717, 1.165) is 0 Å². The number of halogens is 1. The Labute approximate surface area is 166 Å². The van der Waals surface area contributed by atoms with E-state index in [4.69, 9.17) is 4.42 Å². The molecule has 0 unspecified atom stereocenters. The van der Waals surface area contributed by atoms with Crippen LogP contribution in [0.2, 0.25) is 0 Å². The highest BCUT2D eigenvalue weighted by atomic mass is 32.2. The summed E-state index contributed by atoms with van der Waals surface area (Å²) >= 11 is 0. The van der Waals surface area contributed by atoms with Crippen molar-refractivity contribution in [3.63, 3.8) is 0 Å². The number of sulfone groups is 1. The van der Waals surface area contributed by atoms with Gasteiger partial charge in [0.2, 0.25) is 5.91 Å². The number of carbonyl (C=O) groups excluding carboxylic acids is 2. The van der Waals surface area contributed by atoms with Gasteiger partial charge in [-0.05, 0) is 35.9 Å². The van der Waals surface area contributed by atoms with E-state index in [-0.39, 0.29) is 28.4 Å². The average molecular weight is 416 g/mol. The van der Waals surface area contributed by atoms with Gasteiger partial charge in [0.1, 0.15) is 17.3 Å². The van der Waals surface area contributed by atoms with Crippen LogP contribution in [0, 0.1) is 5.82 Å². The number of nitrogens with one attached hydrogen (secondary N) is 2. The third kappa shape index (κ3) is 5.29. The van der Waals surface area contributed by atoms with E-state index in [0.29, 0.717) is 0 Å². The zero-order valence-corrected chi connectivity index (χ0v) is 15.9. The van der Waals surface area contributed by atoms with E-state index in [9.17, 15) is 22.4 Å². The van der Waals surface area contributed by atoms with Crippen molar-refractivity contribution < 1.29 is 26.8 Å². The molecule has 0 atom stereocenters. The van der Waals surface area contributed by atoms with Crippen molar-refractivity contribution in [2.75, 3.05) is 0 Å². The van der Waals surface area contributed by atoms with Crippen molar-refractivity contribution in [2.45, 2.75) is 17.1 Å². The Morgan fingerprint density at radius 2 is 1.59 bits per heavy atom. The van der Waals surface area contributed by atoms with Crippen LogP contribution in [0.1, 0.15) is 21.9 Å². The smallest absolute Gasteiger partial charge is 0.305 e. The van der Waals surface area contributed by atoms with Gasteiger partial charge in [-0.1, -0.05) is 36.4 Å². The molecule has 3 aromatic rings. The molecular formula is C20H17FN2O5S. The lowest BCUT2D eigenvalue weighted by Gasteiger charge is -2.06. The minimum absolute atomic E-state index is 0.0803. The molecule has 0 saturated heterocycles. The Bertz CT molecular complexity index is 1130. The summed E-state index contributed by atoms with van der Waals surface area (Å²) in [5, 5.41) is 0. The first-order valence-electron chi connectivity index (χ1n) is 8.54. The molecule has 0 saturated carbocycles. The van der Waals surface area contributed by atoms with Gasteiger partial charge < -0.3 is 4.42 Å². The summed E-state index contributed by atoms with van der Waals surface area (Å²) in [6, 6.07) is 16.3. The molecule has 2 N–H and O–H groups in total. The summed E-state index contributed by atoms with van der Waals surface area (Å²) in [7, 11) is -3.62. The predicted octanol–water partition coefficient (Wildman–Crippen LogP) is 2.40. The second-order valence-electron chi connectivity index (χ2n) is 6.11. The largest absolute Gasteiger partial charge is 0.455 e. The van der Waals surface area contributed by atoms with E-state index in [2.05, 4.69) is 10.9 Å². The summed E-state index contributed by atoms with van der Waals surface area (Å²) in [5.41, 5.74) is 4.48. The van der Waals surface area contributed by atoms with Crippen molar-refractivity contribution in [1.29, 1.82) is 0 Å². The van der Waals surface area contributed by atoms with Crippen molar-refractivity contribution >= 4 is 21.7 Å². The number of hydrogen-bond acceptors (Lipinski definition) is 5. The molecule has 1 heterocycles. The molecule has 0 aliphatic carbocycles. The third-order valence-electron chi connectivity index (χ3n) is 3.94. The van der Waals surface area contributed by atoms with Crippen LogP contribution in [0.15, 0.2) is 76.0 Å². The molecule has 0 aliphatic rings. The number of carbonyl (C=O) groups is 2. The normalized spacial score (nSPS) is 11.1. The predicted molar refractivity (Wildman–Crippen MR) is 102 cm³/mol. The van der Waals surface area contributed by atoms with E-state index in [1.165, 1.54) is 42.5 Å². The third-order valence-corrected chi connectivity index (χ3v) is 5.60. The Hall–Kier alpha value is -3.46. The lowest BCUT2D eigenvalue weighted by atomic mass is 10.1. The molecular weight excluding hydrogens is 399 g/mol. The highest BCUT2D eigenvalue weighted by Gasteiger charge is 2.19. The molecule has 0 spiro atoms. The van der Waals surface area contributed by atoms with Crippen LogP contribution in [-0.4, -0.2) is 20.2 Å². The number of hydrazine groups is 1. The SMILES string of the molecule is O=C(Cc1ccccc1F)NNC(=O)c1ccc(CS(=O)(=O)c2ccccc2)o1. The van der Waals surface area contributed by atoms with Crippen LogP contribution < -0.4 is 10.9 Å². The first-order chi connectivity index (χ1) is 13.8. The molecule has 0 radical (unpaired) electrons. The summed E-state index contributed by atoms with van der Waals surface area (Å²) < 4.78 is 43.5. The fourth-order valence-electron chi connectivity index (χ4n) is 2.52. The first kappa shape index (κ1) is 20.3. The Balaban J connectivity index is 1.57. The number of amides is 2. The molecule has 2 amide bonds. The van der Waals surface area contributed by atoms with Gasteiger partial charge in [0.15, 0.2) is 15.6 Å². The monoisotopic (exact) mass is 416 g/mol. The average Bonchev–Trinajstić information content (AvgIpc) is 3.16. The molecule has 3 rings (SSSR count). The molecule has 1 aromatic heterocycles. The fourth-order valence-corrected chi connectivity index (χ4v) is 3.79. The Kier molecular flexibility index (Phi) is 6.08. The van der Waals surface area contributed by atoms with E-state index >= 15 is 0 Å². The summed E-state index contributed by atoms with van der Waals surface area (Å²) in [5.74, 6) is -2.42. The van der Waals surface area contributed by atoms with Crippen molar-refractivity contribution in [3.8, 4) is 0 Å². The lowest BCUT2D eigenvalue weighted by molar-refractivity contribution is -0.121. The zero-order chi connectivity index (χ0) is 20.9. The van der Waals surface area contributed by atoms with Gasteiger partial charge in [-0.2, -0.15) is 0 Å². The van der Waals surface area contributed by atoms with E-state index in [1.807, 2.05) is 0 Å². The second kappa shape index (κ2) is 8.70. The van der Waals surface area contributed by atoms with Crippen molar-refractivity contribution in [1.82, 2.24) is 10.9 Å². The van der Waals surface area contributed by atoms with Gasteiger partial charge >= 0.3 is 5.91 Å². The maximum atomic E-state index is 13.5. The van der Waals surface area contributed by atoms with Crippen LogP contribution in [0.4, 0.5) is 4.39 Å². The van der Waals surface area contributed by atoms with Crippen molar-refractivity contribution in [3.05, 3.63) is 89.6 Å². The van der Waals surface area contributed by atoms with E-state index in [1.54, 1.807) is 24.3 Å². The molecule has 0 bridgehead atoms. The van der Waals surface area contributed by atoms with Crippen LogP contribution in [0.25, 0.3) is 0 Å². The lowest BCUT2D eigenvalue weighted by Crippen LogP contribution is -2.42. The quantitative estimate of drug-likeness (QED) is 0.601. The van der Waals surface area contributed by atoms with Gasteiger partial charge in [-0.3, -0.25) is 20.4 Å². The van der Waals surface area contributed by atoms with Gasteiger partial charge in [0.25, 0.3) is 0 Å². The van der Waals surface area contributed by atoms with Crippen LogP contribution in [0.5, 0.6) is 0 Å². The number of hydrogen-bond donors (Lipinski definition) is 2. The van der Waals surface area contributed by atoms with Gasteiger partial charge in [0, 0.05) is 0 Å². The van der Waals surface area contributed by atoms with Gasteiger partial charge in [-0.15, -0.1) is 0 Å². The number of benzene rings is 2. The molecule has 2 aromatic carbocycles. The Morgan fingerprint density at radius 1 is 0.897 bits per heavy atom. The number of rotatable bonds is 6. The topological polar surface area (TPSA) is 105 Å². The van der Waals surface area contributed by atoms with Gasteiger partial charge in [-0.25, -0.2) is 12.8 Å². The Morgan fingerprint density at radius 3 is 2.31 bits per heavy atom. The first-order valence-corrected chi connectivity index (χ1v) is 10.2. The standard InChI is InChI=1S/C20H17FN2O5S/c21-17-9-5-4-6-14(17)12-19(24)22-23-20(25)18-11-10-15(28-18)13-29(26,27)16-7-2-1-3-8-16/h1-11H,12-13H2,(H,22,24)(H,23,25). The van der Waals surface area contributed by atoms with E-state index < -0.39 is 33.2 Å². The molecule has 150 valence electrons. The second-order valence-corrected chi connectivity index (χ2v) is 8.10. The van der Waals surface area contributed by atoms with Crippen molar-refractivity contribution in [2.24, 2.45) is 0 Å². The molecule has 7 nitrogen and oxygen atoms in total. The molecule has 0 fully saturated rings. The summed E-state index contributed by atoms with van der Waals surface area (Å²) in [4.78, 5) is 24.1. The fraction of sp³-hybridized carbons (Fsp3) is 0.100. The zero-order valence-electron chi connectivity index (χ0n) is 15.1. The molecule has 0 aliphatic heterocycles. The van der Waals surface area contributed by atoms with Gasteiger partial charge in [0.05, 0.1) is 11.3 Å². The highest BCUT2D eigenvalue weighted by Crippen LogP contribution is 2.18. The number of furan rings is 1. The summed E-state index contributed by atoms with van der Waals surface area (Å²) in [6.07, 6.45) is -0.258. The highest BCUT2D eigenvalue weighted by molar-refractivity contribution is 7.90. The van der Waals surface area contributed by atoms with Crippen LogP contribution in [-0.2, 0) is 26.8 Å². The van der Waals surface area contributed by atoms with Crippen LogP contribution in [0.3, 0.4) is 0 Å². The molecule has 9 heteroatoms. The minimum atomic E-state index is -3.62. The van der Waals surface area contributed by atoms with Crippen LogP contribution >= 0.6 is 0 Å². The summed E-state index contributed by atoms with van der Waals surface area (Å²) in [6.45, 7) is 0. The maximum absolute atomic E-state index is 13.5. The molecule has 29 heavy (non-hydrogen) atoms.